The average Bonchev–Trinajstić information content (AvgIpc) is 0.811. The lowest BCUT2D eigenvalue weighted by Crippen LogP contribution is -1.97. The summed E-state index contributed by atoms with van der Waals surface area (Å²) in [5.74, 6) is 0. The van der Waals surface area contributed by atoms with Crippen LogP contribution in [0.5, 0.6) is 0 Å². The molecule has 0 aliphatic heterocycles. The number of hydrogen-bond acceptors (Lipinski definition) is 1. The summed E-state index contributed by atoms with van der Waals surface area (Å²) < 4.78 is -0.0417. The van der Waals surface area contributed by atoms with Crippen LogP contribution in [0.1, 0.15) is 0 Å². The molecule has 0 aliphatic rings. The van der Waals surface area contributed by atoms with Crippen molar-refractivity contribution in [3.8, 4) is 0 Å². The molecule has 4 heavy (non-hydrogen) atoms. The van der Waals surface area contributed by atoms with Crippen molar-refractivity contribution in [1.82, 2.24) is 0 Å². The van der Waals surface area contributed by atoms with Crippen molar-refractivity contribution in [1.29, 1.82) is 0 Å². The van der Waals surface area contributed by atoms with Gasteiger partial charge in [0, 0.05) is 0 Å². The van der Waals surface area contributed by atoms with Crippen LogP contribution in [0.2, 0.25) is 0 Å². The molecule has 0 aliphatic carbocycles. The quantitative estimate of drug-likeness (QED) is 0.446. The van der Waals surface area contributed by atoms with Crippen molar-refractivity contribution in [2.45, 2.75) is 3.86 Å². The van der Waals surface area contributed by atoms with Gasteiger partial charge in [-0.05, 0) is 0 Å². The SMILES string of the molecule is NC(Br)Br. The van der Waals surface area contributed by atoms with Crippen molar-refractivity contribution in [2.75, 3.05) is 0 Å². The van der Waals surface area contributed by atoms with E-state index in [4.69, 9.17) is 5.73 Å². The largest absolute Gasteiger partial charge is 0.310 e. The van der Waals surface area contributed by atoms with E-state index in [2.05, 4.69) is 31.9 Å². The molecule has 0 rings (SSSR count). The highest BCUT2D eigenvalue weighted by atomic mass is 79.9. The van der Waals surface area contributed by atoms with Crippen molar-refractivity contribution in [3.63, 3.8) is 0 Å². The lowest BCUT2D eigenvalue weighted by molar-refractivity contribution is 1.36. The molecule has 0 aromatic heterocycles. The predicted molar refractivity (Wildman–Crippen MR) is 25.8 cm³/mol. The molecule has 0 spiro atoms. The van der Waals surface area contributed by atoms with Gasteiger partial charge in [0.15, 0.2) is 0 Å². The average molecular weight is 189 g/mol. The molecule has 3 heteroatoms. The standard InChI is InChI=1S/CH3Br2N/c2-1(3)4/h1H,4H2. The van der Waals surface area contributed by atoms with Gasteiger partial charge in [0.05, 0.1) is 0 Å². The van der Waals surface area contributed by atoms with Crippen LogP contribution in [0.3, 0.4) is 0 Å². The fourth-order valence-corrected chi connectivity index (χ4v) is 0. The molecule has 0 heterocycles. The molecule has 26 valence electrons. The van der Waals surface area contributed by atoms with Crippen molar-refractivity contribution < 1.29 is 0 Å². The topological polar surface area (TPSA) is 26.0 Å². The maximum Gasteiger partial charge on any atom is 0.117 e. The molecular weight excluding hydrogens is 186 g/mol. The molecule has 0 amide bonds. The lowest BCUT2D eigenvalue weighted by Gasteiger charge is -1.75. The zero-order valence-electron chi connectivity index (χ0n) is 1.91. The Hall–Kier alpha value is 0.920. The first-order valence-corrected chi connectivity index (χ1v) is 2.60. The van der Waals surface area contributed by atoms with E-state index in [9.17, 15) is 0 Å². The third-order valence-electron chi connectivity index (χ3n) is 0. The molecule has 0 fully saturated rings. The molecular formula is CH3Br2N. The summed E-state index contributed by atoms with van der Waals surface area (Å²) in [5, 5.41) is 0. The molecule has 0 unspecified atom stereocenters. The van der Waals surface area contributed by atoms with Gasteiger partial charge in [-0.3, -0.25) is 0 Å². The summed E-state index contributed by atoms with van der Waals surface area (Å²) in [4.78, 5) is 0. The molecule has 0 atom stereocenters. The Morgan fingerprint density at radius 3 is 1.50 bits per heavy atom. The Bertz CT molecular complexity index is 10.8. The molecule has 0 saturated carbocycles. The van der Waals surface area contributed by atoms with Crippen LogP contribution >= 0.6 is 31.9 Å². The minimum atomic E-state index is -0.0417. The lowest BCUT2D eigenvalue weighted by atomic mass is 11.6. The van der Waals surface area contributed by atoms with E-state index >= 15 is 0 Å². The van der Waals surface area contributed by atoms with Gasteiger partial charge in [0.2, 0.25) is 0 Å². The molecule has 2 N–H and O–H groups in total. The summed E-state index contributed by atoms with van der Waals surface area (Å²) in [6.07, 6.45) is 0. The van der Waals surface area contributed by atoms with E-state index in [1.807, 2.05) is 0 Å². The van der Waals surface area contributed by atoms with Crippen LogP contribution in [0.25, 0.3) is 0 Å². The van der Waals surface area contributed by atoms with Gasteiger partial charge in [-0.25, -0.2) is 0 Å². The van der Waals surface area contributed by atoms with Crippen LogP contribution in [0.4, 0.5) is 0 Å². The number of alkyl halides is 2. The van der Waals surface area contributed by atoms with Gasteiger partial charge in [-0.15, -0.1) is 0 Å². The molecule has 0 saturated heterocycles. The van der Waals surface area contributed by atoms with Gasteiger partial charge < -0.3 is 5.73 Å². The minimum absolute atomic E-state index is 0.0417. The molecule has 0 aromatic rings. The fraction of sp³-hybridized carbons (Fsp3) is 1.00. The van der Waals surface area contributed by atoms with Crippen molar-refractivity contribution >= 4 is 31.9 Å². The van der Waals surface area contributed by atoms with Crippen LogP contribution in [-0.4, -0.2) is 3.86 Å². The van der Waals surface area contributed by atoms with Gasteiger partial charge in [-0.2, -0.15) is 0 Å². The summed E-state index contributed by atoms with van der Waals surface area (Å²) in [7, 11) is 0. The van der Waals surface area contributed by atoms with Gasteiger partial charge in [0.1, 0.15) is 3.86 Å². The summed E-state index contributed by atoms with van der Waals surface area (Å²) >= 11 is 5.93. The fourth-order valence-electron chi connectivity index (χ4n) is 0. The zero-order chi connectivity index (χ0) is 3.58. The van der Waals surface area contributed by atoms with Gasteiger partial charge >= 0.3 is 0 Å². The van der Waals surface area contributed by atoms with Crippen LogP contribution in [0.15, 0.2) is 0 Å². The van der Waals surface area contributed by atoms with Crippen LogP contribution < -0.4 is 5.73 Å². The Morgan fingerprint density at radius 1 is 1.50 bits per heavy atom. The first kappa shape index (κ1) is 4.92. The normalized spacial score (nSPS) is 9.00. The maximum atomic E-state index is 4.94. The maximum absolute atomic E-state index is 4.94. The number of nitrogens with two attached hydrogens (primary N) is 1. The van der Waals surface area contributed by atoms with E-state index in [1.165, 1.54) is 0 Å². The third kappa shape index (κ3) is 12.7. The molecule has 0 aromatic carbocycles. The molecule has 0 radical (unpaired) electrons. The highest BCUT2D eigenvalue weighted by molar-refractivity contribution is 9.24. The zero-order valence-corrected chi connectivity index (χ0v) is 5.08. The van der Waals surface area contributed by atoms with Crippen molar-refractivity contribution in [3.05, 3.63) is 0 Å². The highest BCUT2D eigenvalue weighted by Crippen LogP contribution is 1.95. The predicted octanol–water partition coefficient (Wildman–Crippen LogP) is 1.02. The Kier molecular flexibility index (Phi) is 2.68. The summed E-state index contributed by atoms with van der Waals surface area (Å²) in [6, 6.07) is 0. The van der Waals surface area contributed by atoms with E-state index in [1.54, 1.807) is 0 Å². The van der Waals surface area contributed by atoms with Crippen LogP contribution in [-0.2, 0) is 0 Å². The number of rotatable bonds is 0. The molecule has 0 bridgehead atoms. The second-order valence-electron chi connectivity index (χ2n) is 0.334. The number of halogens is 2. The Labute approximate surface area is 41.8 Å². The third-order valence-corrected chi connectivity index (χ3v) is 0. The van der Waals surface area contributed by atoms with E-state index in [0.29, 0.717) is 0 Å². The Morgan fingerprint density at radius 2 is 1.50 bits per heavy atom. The van der Waals surface area contributed by atoms with Gasteiger partial charge in [-0.1, -0.05) is 31.9 Å². The van der Waals surface area contributed by atoms with E-state index in [-0.39, 0.29) is 3.86 Å². The van der Waals surface area contributed by atoms with E-state index < -0.39 is 0 Å². The second kappa shape index (κ2) is 2.18. The van der Waals surface area contributed by atoms with Crippen molar-refractivity contribution in [2.24, 2.45) is 5.73 Å². The van der Waals surface area contributed by atoms with Crippen LogP contribution in [0, 0.1) is 0 Å². The summed E-state index contributed by atoms with van der Waals surface area (Å²) in [6.45, 7) is 0. The number of hydrogen-bond donors (Lipinski definition) is 1. The monoisotopic (exact) mass is 187 g/mol. The summed E-state index contributed by atoms with van der Waals surface area (Å²) in [5.41, 5.74) is 4.94. The second-order valence-corrected chi connectivity index (χ2v) is 3.54. The minimum Gasteiger partial charge on any atom is -0.310 e. The molecule has 1 nitrogen and oxygen atoms in total. The van der Waals surface area contributed by atoms with E-state index in [0.717, 1.165) is 0 Å². The first-order valence-electron chi connectivity index (χ1n) is 0.770. The smallest absolute Gasteiger partial charge is 0.117 e. The highest BCUT2D eigenvalue weighted by Gasteiger charge is 1.73. The Balaban J connectivity index is 2.32. The first-order chi connectivity index (χ1) is 1.73. The van der Waals surface area contributed by atoms with Gasteiger partial charge in [0.25, 0.3) is 0 Å².